The SMILES string of the molecule is O=C(CC1(CC(=O)NC2CCCC2)C=CC(c2ccccc2)=CC1)NC1CCCC1. The molecule has 0 spiro atoms. The average molecular weight is 407 g/mol. The monoisotopic (exact) mass is 406 g/mol. The zero-order valence-corrected chi connectivity index (χ0v) is 17.9. The molecule has 1 aromatic rings. The van der Waals surface area contributed by atoms with Gasteiger partial charge in [-0.3, -0.25) is 9.59 Å². The van der Waals surface area contributed by atoms with Gasteiger partial charge in [0.05, 0.1) is 0 Å². The van der Waals surface area contributed by atoms with E-state index in [1.54, 1.807) is 0 Å². The predicted octanol–water partition coefficient (Wildman–Crippen LogP) is 4.91. The number of amides is 2. The van der Waals surface area contributed by atoms with Crippen LogP contribution in [0.4, 0.5) is 0 Å². The Bertz CT molecular complexity index is 768. The smallest absolute Gasteiger partial charge is 0.221 e. The Kier molecular flexibility index (Phi) is 6.71. The number of carbonyl (C=O) groups is 2. The molecule has 0 aromatic heterocycles. The Hall–Kier alpha value is -2.36. The Morgan fingerprint density at radius 2 is 1.37 bits per heavy atom. The minimum absolute atomic E-state index is 0.0803. The molecule has 0 radical (unpaired) electrons. The van der Waals surface area contributed by atoms with Crippen molar-refractivity contribution in [3.05, 3.63) is 54.1 Å². The topological polar surface area (TPSA) is 58.2 Å². The zero-order valence-electron chi connectivity index (χ0n) is 17.9. The summed E-state index contributed by atoms with van der Waals surface area (Å²) in [5.74, 6) is 0.161. The van der Waals surface area contributed by atoms with Gasteiger partial charge in [-0.05, 0) is 43.2 Å². The van der Waals surface area contributed by atoms with Crippen LogP contribution < -0.4 is 10.6 Å². The van der Waals surface area contributed by atoms with Gasteiger partial charge in [0.25, 0.3) is 0 Å². The maximum atomic E-state index is 12.9. The Balaban J connectivity index is 1.45. The van der Waals surface area contributed by atoms with E-state index >= 15 is 0 Å². The van der Waals surface area contributed by atoms with Gasteiger partial charge in [-0.2, -0.15) is 0 Å². The summed E-state index contributed by atoms with van der Waals surface area (Å²) in [6, 6.07) is 10.9. The third-order valence-electron chi connectivity index (χ3n) is 6.92. The van der Waals surface area contributed by atoms with E-state index in [1.165, 1.54) is 36.8 Å². The summed E-state index contributed by atoms with van der Waals surface area (Å²) in [6.07, 6.45) is 17.0. The molecule has 0 unspecified atom stereocenters. The molecule has 0 saturated heterocycles. The standard InChI is InChI=1S/C26H34N2O2/c29-24(27-22-10-4-5-11-22)18-26(19-25(30)28-23-12-6-7-13-23)16-14-21(15-17-26)20-8-2-1-3-9-20/h1-3,8-9,14-16,22-23H,4-7,10-13,17-19H2,(H,27,29)(H,28,30). The van der Waals surface area contributed by atoms with Crippen LogP contribution >= 0.6 is 0 Å². The highest BCUT2D eigenvalue weighted by Gasteiger charge is 2.35. The van der Waals surface area contributed by atoms with Crippen LogP contribution in [0.25, 0.3) is 5.57 Å². The second kappa shape index (κ2) is 9.63. The van der Waals surface area contributed by atoms with Crippen LogP contribution in [0.5, 0.6) is 0 Å². The molecule has 160 valence electrons. The molecule has 4 nitrogen and oxygen atoms in total. The van der Waals surface area contributed by atoms with Crippen LogP contribution in [0, 0.1) is 5.41 Å². The van der Waals surface area contributed by atoms with Gasteiger partial charge in [0, 0.05) is 30.3 Å². The van der Waals surface area contributed by atoms with Crippen molar-refractivity contribution in [3.63, 3.8) is 0 Å². The number of hydrogen-bond acceptors (Lipinski definition) is 2. The molecule has 1 aromatic carbocycles. The second-order valence-electron chi connectivity index (χ2n) is 9.38. The summed E-state index contributed by atoms with van der Waals surface area (Å²) in [5.41, 5.74) is 1.90. The first-order chi connectivity index (χ1) is 14.6. The molecule has 3 aliphatic carbocycles. The molecule has 2 amide bonds. The molecule has 0 bridgehead atoms. The Morgan fingerprint density at radius 1 is 0.833 bits per heavy atom. The van der Waals surface area contributed by atoms with Crippen molar-refractivity contribution in [2.24, 2.45) is 5.41 Å². The minimum atomic E-state index is -0.441. The van der Waals surface area contributed by atoms with Crippen LogP contribution in [-0.2, 0) is 9.59 Å². The number of hydrogen-bond donors (Lipinski definition) is 2. The van der Waals surface area contributed by atoms with Crippen LogP contribution in [0.3, 0.4) is 0 Å². The van der Waals surface area contributed by atoms with E-state index in [0.717, 1.165) is 25.7 Å². The molecule has 2 saturated carbocycles. The highest BCUT2D eigenvalue weighted by Crippen LogP contribution is 2.39. The van der Waals surface area contributed by atoms with Crippen LogP contribution in [0.15, 0.2) is 48.6 Å². The molecule has 2 N–H and O–H groups in total. The van der Waals surface area contributed by atoms with Gasteiger partial charge in [-0.1, -0.05) is 74.2 Å². The summed E-state index contributed by atoms with van der Waals surface area (Å²) in [4.78, 5) is 25.7. The van der Waals surface area contributed by atoms with Crippen LogP contribution in [0.2, 0.25) is 0 Å². The number of allylic oxidation sites excluding steroid dienone is 4. The molecule has 4 heteroatoms. The summed E-state index contributed by atoms with van der Waals surface area (Å²) in [7, 11) is 0. The number of nitrogens with one attached hydrogen (secondary N) is 2. The van der Waals surface area contributed by atoms with Crippen molar-refractivity contribution in [2.75, 3.05) is 0 Å². The second-order valence-corrected chi connectivity index (χ2v) is 9.38. The fourth-order valence-electron chi connectivity index (χ4n) is 5.22. The lowest BCUT2D eigenvalue weighted by Gasteiger charge is -2.32. The molecule has 4 rings (SSSR count). The Labute approximate surface area is 180 Å². The quantitative estimate of drug-likeness (QED) is 0.676. The normalized spacial score (nSPS) is 21.4. The molecule has 30 heavy (non-hydrogen) atoms. The maximum absolute atomic E-state index is 12.9. The highest BCUT2D eigenvalue weighted by atomic mass is 16.2. The van der Waals surface area contributed by atoms with Gasteiger partial charge in [0.2, 0.25) is 11.8 Å². The molecule has 3 aliphatic rings. The number of carbonyl (C=O) groups excluding carboxylic acids is 2. The van der Waals surface area contributed by atoms with E-state index in [0.29, 0.717) is 31.3 Å². The van der Waals surface area contributed by atoms with Crippen molar-refractivity contribution in [1.29, 1.82) is 0 Å². The lowest BCUT2D eigenvalue weighted by Crippen LogP contribution is -2.40. The molecule has 0 atom stereocenters. The molecule has 0 heterocycles. The van der Waals surface area contributed by atoms with Crippen LogP contribution in [-0.4, -0.2) is 23.9 Å². The van der Waals surface area contributed by atoms with Crippen molar-refractivity contribution in [2.45, 2.75) is 82.7 Å². The van der Waals surface area contributed by atoms with E-state index < -0.39 is 5.41 Å². The number of benzene rings is 1. The molecular formula is C26H34N2O2. The largest absolute Gasteiger partial charge is 0.353 e. The maximum Gasteiger partial charge on any atom is 0.221 e. The van der Waals surface area contributed by atoms with Crippen molar-refractivity contribution in [3.8, 4) is 0 Å². The van der Waals surface area contributed by atoms with Gasteiger partial charge >= 0.3 is 0 Å². The lowest BCUT2D eigenvalue weighted by molar-refractivity contribution is -0.126. The van der Waals surface area contributed by atoms with E-state index in [2.05, 4.69) is 41.0 Å². The molecular weight excluding hydrogens is 372 g/mol. The summed E-state index contributed by atoms with van der Waals surface area (Å²) in [6.45, 7) is 0. The van der Waals surface area contributed by atoms with Gasteiger partial charge in [0.1, 0.15) is 0 Å². The highest BCUT2D eigenvalue weighted by molar-refractivity contribution is 5.83. The Morgan fingerprint density at radius 3 is 1.83 bits per heavy atom. The fourth-order valence-corrected chi connectivity index (χ4v) is 5.22. The van der Waals surface area contributed by atoms with Gasteiger partial charge in [-0.25, -0.2) is 0 Å². The third kappa shape index (κ3) is 5.41. The molecule has 0 aliphatic heterocycles. The van der Waals surface area contributed by atoms with Crippen molar-refractivity contribution >= 4 is 17.4 Å². The first-order valence-corrected chi connectivity index (χ1v) is 11.7. The van der Waals surface area contributed by atoms with Crippen molar-refractivity contribution in [1.82, 2.24) is 10.6 Å². The predicted molar refractivity (Wildman–Crippen MR) is 121 cm³/mol. The third-order valence-corrected chi connectivity index (χ3v) is 6.92. The van der Waals surface area contributed by atoms with E-state index in [4.69, 9.17) is 0 Å². The van der Waals surface area contributed by atoms with Gasteiger partial charge in [-0.15, -0.1) is 0 Å². The van der Waals surface area contributed by atoms with Gasteiger partial charge in [0.15, 0.2) is 0 Å². The first kappa shape index (κ1) is 20.9. The summed E-state index contributed by atoms with van der Waals surface area (Å²) < 4.78 is 0. The lowest BCUT2D eigenvalue weighted by atomic mass is 9.73. The van der Waals surface area contributed by atoms with Crippen LogP contribution in [0.1, 0.15) is 76.2 Å². The summed E-state index contributed by atoms with van der Waals surface area (Å²) >= 11 is 0. The fraction of sp³-hybridized carbons (Fsp3) is 0.538. The van der Waals surface area contributed by atoms with Crippen molar-refractivity contribution < 1.29 is 9.59 Å². The summed E-state index contributed by atoms with van der Waals surface area (Å²) in [5, 5.41) is 6.43. The average Bonchev–Trinajstić information content (AvgIpc) is 3.43. The van der Waals surface area contributed by atoms with Gasteiger partial charge < -0.3 is 10.6 Å². The van der Waals surface area contributed by atoms with E-state index in [1.807, 2.05) is 18.2 Å². The van der Waals surface area contributed by atoms with E-state index in [9.17, 15) is 9.59 Å². The zero-order chi connectivity index (χ0) is 20.8. The first-order valence-electron chi connectivity index (χ1n) is 11.7. The minimum Gasteiger partial charge on any atom is -0.353 e. The molecule has 2 fully saturated rings. The number of rotatable bonds is 7. The van der Waals surface area contributed by atoms with E-state index in [-0.39, 0.29) is 11.8 Å².